The normalized spacial score (nSPS) is 19.8. The summed E-state index contributed by atoms with van der Waals surface area (Å²) in [6.07, 6.45) is 4.79. The van der Waals surface area contributed by atoms with Crippen LogP contribution in [0.25, 0.3) is 0 Å². The third-order valence-corrected chi connectivity index (χ3v) is 4.29. The van der Waals surface area contributed by atoms with Gasteiger partial charge in [0.1, 0.15) is 17.5 Å². The molecule has 0 aromatic carbocycles. The van der Waals surface area contributed by atoms with Gasteiger partial charge in [-0.1, -0.05) is 6.92 Å². The van der Waals surface area contributed by atoms with E-state index in [0.29, 0.717) is 5.82 Å². The Labute approximate surface area is 126 Å². The zero-order chi connectivity index (χ0) is 14.7. The lowest BCUT2D eigenvalue weighted by molar-refractivity contribution is 0.247. The first-order chi connectivity index (χ1) is 10.3. The highest BCUT2D eigenvalue weighted by molar-refractivity contribution is 5.49. The van der Waals surface area contributed by atoms with Gasteiger partial charge in [0.05, 0.1) is 0 Å². The van der Waals surface area contributed by atoms with Gasteiger partial charge < -0.3 is 10.3 Å². The molecule has 6 heteroatoms. The molecule has 0 atom stereocenters. The number of nitrogens with zero attached hydrogens (tertiary/aromatic N) is 4. The number of piperazine rings is 1. The van der Waals surface area contributed by atoms with E-state index in [0.717, 1.165) is 56.6 Å². The maximum absolute atomic E-state index is 5.53. The van der Waals surface area contributed by atoms with Gasteiger partial charge in [-0.05, 0) is 25.2 Å². The van der Waals surface area contributed by atoms with Crippen molar-refractivity contribution in [3.8, 4) is 0 Å². The Bertz CT molecular complexity index is 465. The van der Waals surface area contributed by atoms with Crippen LogP contribution in [-0.2, 0) is 6.42 Å². The zero-order valence-corrected chi connectivity index (χ0v) is 12.9. The summed E-state index contributed by atoms with van der Waals surface area (Å²) in [4.78, 5) is 14.0. The maximum atomic E-state index is 5.53. The van der Waals surface area contributed by atoms with Crippen molar-refractivity contribution in [1.82, 2.24) is 14.9 Å². The smallest absolute Gasteiger partial charge is 0.145 e. The van der Waals surface area contributed by atoms with Crippen LogP contribution in [0.5, 0.6) is 0 Å². The molecule has 0 spiro atoms. The van der Waals surface area contributed by atoms with Gasteiger partial charge in [0.2, 0.25) is 0 Å². The second-order valence-electron chi connectivity index (χ2n) is 6.15. The first-order valence-corrected chi connectivity index (χ1v) is 8.10. The molecule has 2 aliphatic rings. The summed E-state index contributed by atoms with van der Waals surface area (Å²) in [6.45, 7) is 7.78. The van der Waals surface area contributed by atoms with E-state index in [2.05, 4.69) is 27.1 Å². The maximum Gasteiger partial charge on any atom is 0.145 e. The van der Waals surface area contributed by atoms with Crippen molar-refractivity contribution in [3.05, 3.63) is 11.9 Å². The van der Waals surface area contributed by atoms with Crippen LogP contribution in [0.15, 0.2) is 6.07 Å². The molecule has 0 radical (unpaired) electrons. The molecule has 1 saturated heterocycles. The third kappa shape index (κ3) is 3.83. The number of anilines is 2. The van der Waals surface area contributed by atoms with Crippen molar-refractivity contribution in [2.75, 3.05) is 43.0 Å². The number of aromatic nitrogens is 2. The molecule has 1 saturated carbocycles. The first-order valence-electron chi connectivity index (χ1n) is 8.10. The second-order valence-corrected chi connectivity index (χ2v) is 6.15. The van der Waals surface area contributed by atoms with E-state index < -0.39 is 0 Å². The van der Waals surface area contributed by atoms with Crippen molar-refractivity contribution < 1.29 is 0 Å². The summed E-state index contributed by atoms with van der Waals surface area (Å²) < 4.78 is 0. The number of nitrogen functional groups attached to an aromatic ring is 1. The standard InChI is InChI=1S/C15H26N6/c1-2-3-13-17-14(19-16)10-15(18-13)21-8-6-20(7-9-21)11-12-4-5-12/h10,12H,2-9,11,16H2,1H3,(H,17,18,19). The van der Waals surface area contributed by atoms with Gasteiger partial charge in [0.15, 0.2) is 0 Å². The van der Waals surface area contributed by atoms with Crippen molar-refractivity contribution in [2.45, 2.75) is 32.6 Å². The lowest BCUT2D eigenvalue weighted by Crippen LogP contribution is -2.47. The second kappa shape index (κ2) is 6.58. The van der Waals surface area contributed by atoms with Gasteiger partial charge in [0, 0.05) is 45.2 Å². The van der Waals surface area contributed by atoms with Crippen LogP contribution in [0.1, 0.15) is 32.0 Å². The minimum atomic E-state index is 0.712. The van der Waals surface area contributed by atoms with Crippen molar-refractivity contribution in [2.24, 2.45) is 11.8 Å². The highest BCUT2D eigenvalue weighted by Gasteiger charge is 2.26. The van der Waals surface area contributed by atoms with Gasteiger partial charge in [-0.2, -0.15) is 0 Å². The molecule has 1 aromatic heterocycles. The van der Waals surface area contributed by atoms with Crippen LogP contribution < -0.4 is 16.2 Å². The number of nitrogens with one attached hydrogen (secondary N) is 1. The highest BCUT2D eigenvalue weighted by atomic mass is 15.3. The van der Waals surface area contributed by atoms with Gasteiger partial charge in [-0.15, -0.1) is 0 Å². The molecule has 1 aromatic rings. The monoisotopic (exact) mass is 290 g/mol. The average Bonchev–Trinajstić information content (AvgIpc) is 3.32. The molecule has 0 unspecified atom stereocenters. The average molecular weight is 290 g/mol. The van der Waals surface area contributed by atoms with E-state index in [1.165, 1.54) is 19.4 Å². The molecule has 116 valence electrons. The molecule has 1 aliphatic carbocycles. The fourth-order valence-corrected chi connectivity index (χ4v) is 2.88. The molecular weight excluding hydrogens is 264 g/mol. The van der Waals surface area contributed by atoms with Crippen molar-refractivity contribution >= 4 is 11.6 Å². The Balaban J connectivity index is 1.64. The van der Waals surface area contributed by atoms with E-state index >= 15 is 0 Å². The van der Waals surface area contributed by atoms with Crippen molar-refractivity contribution in [1.29, 1.82) is 0 Å². The number of rotatable bonds is 6. The summed E-state index contributed by atoms with van der Waals surface area (Å²) in [5.74, 6) is 9.10. The van der Waals surface area contributed by atoms with Crippen LogP contribution >= 0.6 is 0 Å². The van der Waals surface area contributed by atoms with Crippen molar-refractivity contribution in [3.63, 3.8) is 0 Å². The Morgan fingerprint density at radius 2 is 2.00 bits per heavy atom. The molecule has 3 N–H and O–H groups in total. The van der Waals surface area contributed by atoms with Gasteiger partial charge in [-0.25, -0.2) is 15.8 Å². The molecule has 6 nitrogen and oxygen atoms in total. The van der Waals surface area contributed by atoms with Gasteiger partial charge >= 0.3 is 0 Å². The molecule has 1 aliphatic heterocycles. The Morgan fingerprint density at radius 3 is 2.62 bits per heavy atom. The molecule has 0 amide bonds. The van der Waals surface area contributed by atoms with Crippen LogP contribution in [0.2, 0.25) is 0 Å². The Kier molecular flexibility index (Phi) is 4.55. The molecule has 0 bridgehead atoms. The van der Waals surface area contributed by atoms with Crippen LogP contribution in [0.3, 0.4) is 0 Å². The quantitative estimate of drug-likeness (QED) is 0.607. The van der Waals surface area contributed by atoms with Crippen LogP contribution in [-0.4, -0.2) is 47.6 Å². The number of aryl methyl sites for hydroxylation is 1. The Hall–Kier alpha value is -1.40. The zero-order valence-electron chi connectivity index (χ0n) is 12.9. The van der Waals surface area contributed by atoms with Crippen LogP contribution in [0, 0.1) is 5.92 Å². The Morgan fingerprint density at radius 1 is 1.24 bits per heavy atom. The lowest BCUT2D eigenvalue weighted by Gasteiger charge is -2.35. The molecule has 2 fully saturated rings. The molecule has 3 rings (SSSR count). The fourth-order valence-electron chi connectivity index (χ4n) is 2.88. The van der Waals surface area contributed by atoms with Gasteiger partial charge in [0.25, 0.3) is 0 Å². The van der Waals surface area contributed by atoms with E-state index in [1.807, 2.05) is 6.07 Å². The molecule has 2 heterocycles. The summed E-state index contributed by atoms with van der Waals surface area (Å²) >= 11 is 0. The number of hydrazine groups is 1. The predicted molar refractivity (Wildman–Crippen MR) is 85.2 cm³/mol. The number of nitrogens with two attached hydrogens (primary N) is 1. The summed E-state index contributed by atoms with van der Waals surface area (Å²) in [7, 11) is 0. The molecule has 21 heavy (non-hydrogen) atoms. The van der Waals surface area contributed by atoms with E-state index in [9.17, 15) is 0 Å². The van der Waals surface area contributed by atoms with Crippen LogP contribution in [0.4, 0.5) is 11.6 Å². The largest absolute Gasteiger partial charge is 0.354 e. The lowest BCUT2D eigenvalue weighted by atomic mass is 10.2. The third-order valence-electron chi connectivity index (χ3n) is 4.29. The topological polar surface area (TPSA) is 70.3 Å². The highest BCUT2D eigenvalue weighted by Crippen LogP contribution is 2.30. The summed E-state index contributed by atoms with van der Waals surface area (Å²) in [5.41, 5.74) is 2.66. The number of hydrogen-bond acceptors (Lipinski definition) is 6. The predicted octanol–water partition coefficient (Wildman–Crippen LogP) is 1.25. The van der Waals surface area contributed by atoms with E-state index in [-0.39, 0.29) is 0 Å². The number of hydrogen-bond donors (Lipinski definition) is 2. The van der Waals surface area contributed by atoms with E-state index in [1.54, 1.807) is 0 Å². The minimum absolute atomic E-state index is 0.712. The van der Waals surface area contributed by atoms with E-state index in [4.69, 9.17) is 10.8 Å². The minimum Gasteiger partial charge on any atom is -0.354 e. The fraction of sp³-hybridized carbons (Fsp3) is 0.733. The first kappa shape index (κ1) is 14.5. The molecular formula is C15H26N6. The summed E-state index contributed by atoms with van der Waals surface area (Å²) in [6, 6.07) is 1.95. The van der Waals surface area contributed by atoms with Gasteiger partial charge in [-0.3, -0.25) is 4.90 Å². The SMILES string of the molecule is CCCc1nc(NN)cc(N2CCN(CC3CC3)CC2)n1. The summed E-state index contributed by atoms with van der Waals surface area (Å²) in [5, 5.41) is 0.